The van der Waals surface area contributed by atoms with Gasteiger partial charge in [0.05, 0.1) is 23.3 Å². The molecule has 0 atom stereocenters. The molecule has 0 saturated carbocycles. The first kappa shape index (κ1) is 17.1. The molecule has 0 saturated heterocycles. The first-order valence-corrected chi connectivity index (χ1v) is 8.33. The van der Waals surface area contributed by atoms with Crippen molar-refractivity contribution in [3.8, 4) is 12.1 Å². The zero-order chi connectivity index (χ0) is 18.2. The highest BCUT2D eigenvalue weighted by Gasteiger charge is 2.00. The highest BCUT2D eigenvalue weighted by Crippen LogP contribution is 2.17. The van der Waals surface area contributed by atoms with Crippen molar-refractivity contribution in [3.63, 3.8) is 0 Å². The van der Waals surface area contributed by atoms with Gasteiger partial charge in [0.2, 0.25) is 0 Å². The van der Waals surface area contributed by atoms with E-state index in [0.29, 0.717) is 24.2 Å². The molecule has 4 heteroatoms. The summed E-state index contributed by atoms with van der Waals surface area (Å²) < 4.78 is 0. The molecular weight excluding hydrogens is 320 g/mol. The second-order valence-electron chi connectivity index (χ2n) is 5.91. The summed E-state index contributed by atoms with van der Waals surface area (Å²) in [6, 6.07) is 27.5. The summed E-state index contributed by atoms with van der Waals surface area (Å²) in [6.45, 7) is 1.31. The SMILES string of the molecule is N#Cc1cccc(CNc2cccc(NCc3cccc(C#N)c3)c2)c1. The Morgan fingerprint density at radius 1 is 0.615 bits per heavy atom. The van der Waals surface area contributed by atoms with E-state index in [1.807, 2.05) is 60.7 Å². The van der Waals surface area contributed by atoms with Crippen molar-refractivity contribution in [2.24, 2.45) is 0 Å². The van der Waals surface area contributed by atoms with Crippen LogP contribution in [0.15, 0.2) is 72.8 Å². The third-order valence-corrected chi connectivity index (χ3v) is 3.97. The highest BCUT2D eigenvalue weighted by atomic mass is 14.9. The summed E-state index contributed by atoms with van der Waals surface area (Å²) in [7, 11) is 0. The molecule has 0 amide bonds. The molecule has 0 aliphatic rings. The Bertz CT molecular complexity index is 903. The second kappa shape index (κ2) is 8.37. The van der Waals surface area contributed by atoms with Crippen molar-refractivity contribution >= 4 is 11.4 Å². The van der Waals surface area contributed by atoms with Gasteiger partial charge in [-0.3, -0.25) is 0 Å². The van der Waals surface area contributed by atoms with Gasteiger partial charge in [-0.15, -0.1) is 0 Å². The number of nitrogens with one attached hydrogen (secondary N) is 2. The minimum absolute atomic E-state index is 0.656. The van der Waals surface area contributed by atoms with Crippen LogP contribution in [0.1, 0.15) is 22.3 Å². The summed E-state index contributed by atoms with van der Waals surface area (Å²) in [6.07, 6.45) is 0. The number of anilines is 2. The first-order valence-electron chi connectivity index (χ1n) is 8.33. The van der Waals surface area contributed by atoms with E-state index in [4.69, 9.17) is 10.5 Å². The number of nitriles is 2. The molecule has 0 aliphatic heterocycles. The van der Waals surface area contributed by atoms with Gasteiger partial charge in [-0.25, -0.2) is 0 Å². The summed E-state index contributed by atoms with van der Waals surface area (Å²) >= 11 is 0. The Kier molecular flexibility index (Phi) is 5.50. The quantitative estimate of drug-likeness (QED) is 0.686. The van der Waals surface area contributed by atoms with Crippen LogP contribution in [-0.4, -0.2) is 0 Å². The average molecular weight is 338 g/mol. The van der Waals surface area contributed by atoms with E-state index in [2.05, 4.69) is 22.8 Å². The Labute approximate surface area is 153 Å². The Balaban J connectivity index is 1.61. The molecule has 3 rings (SSSR count). The molecule has 0 unspecified atom stereocenters. The number of rotatable bonds is 6. The molecule has 0 aromatic heterocycles. The maximum atomic E-state index is 8.97. The molecule has 126 valence electrons. The van der Waals surface area contributed by atoms with Crippen LogP contribution in [0.25, 0.3) is 0 Å². The van der Waals surface area contributed by atoms with Crippen LogP contribution < -0.4 is 10.6 Å². The van der Waals surface area contributed by atoms with Crippen molar-refractivity contribution < 1.29 is 0 Å². The molecule has 0 fully saturated rings. The van der Waals surface area contributed by atoms with Crippen molar-refractivity contribution in [1.82, 2.24) is 0 Å². The third-order valence-electron chi connectivity index (χ3n) is 3.97. The Hall–Kier alpha value is -3.76. The summed E-state index contributed by atoms with van der Waals surface area (Å²) in [4.78, 5) is 0. The predicted octanol–water partition coefficient (Wildman–Crippen LogP) is 4.65. The molecule has 3 aromatic rings. The molecular formula is C22H18N4. The second-order valence-corrected chi connectivity index (χ2v) is 5.91. The molecule has 26 heavy (non-hydrogen) atoms. The average Bonchev–Trinajstić information content (AvgIpc) is 2.71. The summed E-state index contributed by atoms with van der Waals surface area (Å²) in [5, 5.41) is 24.7. The monoisotopic (exact) mass is 338 g/mol. The van der Waals surface area contributed by atoms with Gasteiger partial charge >= 0.3 is 0 Å². The molecule has 3 aromatic carbocycles. The lowest BCUT2D eigenvalue weighted by molar-refractivity contribution is 1.13. The summed E-state index contributed by atoms with van der Waals surface area (Å²) in [5.74, 6) is 0. The van der Waals surface area contributed by atoms with Crippen molar-refractivity contribution in [1.29, 1.82) is 10.5 Å². The van der Waals surface area contributed by atoms with Crippen LogP contribution in [0.4, 0.5) is 11.4 Å². The van der Waals surface area contributed by atoms with Crippen LogP contribution in [0, 0.1) is 22.7 Å². The maximum absolute atomic E-state index is 8.97. The topological polar surface area (TPSA) is 71.6 Å². The van der Waals surface area contributed by atoms with Crippen LogP contribution in [0.5, 0.6) is 0 Å². The lowest BCUT2D eigenvalue weighted by atomic mass is 10.1. The lowest BCUT2D eigenvalue weighted by Crippen LogP contribution is -2.02. The van der Waals surface area contributed by atoms with E-state index in [9.17, 15) is 0 Å². The van der Waals surface area contributed by atoms with Gasteiger partial charge in [-0.2, -0.15) is 10.5 Å². The van der Waals surface area contributed by atoms with Gasteiger partial charge in [0.25, 0.3) is 0 Å². The van der Waals surface area contributed by atoms with E-state index < -0.39 is 0 Å². The van der Waals surface area contributed by atoms with Crippen molar-refractivity contribution in [2.75, 3.05) is 10.6 Å². The molecule has 4 nitrogen and oxygen atoms in total. The van der Waals surface area contributed by atoms with Crippen LogP contribution in [-0.2, 0) is 13.1 Å². The molecule has 0 bridgehead atoms. The molecule has 0 heterocycles. The van der Waals surface area contributed by atoms with Crippen LogP contribution in [0.2, 0.25) is 0 Å². The lowest BCUT2D eigenvalue weighted by Gasteiger charge is -2.11. The molecule has 0 aliphatic carbocycles. The van der Waals surface area contributed by atoms with E-state index in [1.54, 1.807) is 12.1 Å². The van der Waals surface area contributed by atoms with Gasteiger partial charge in [0.1, 0.15) is 0 Å². The maximum Gasteiger partial charge on any atom is 0.0991 e. The first-order chi connectivity index (χ1) is 12.8. The molecule has 2 N–H and O–H groups in total. The smallest absolute Gasteiger partial charge is 0.0991 e. The highest BCUT2D eigenvalue weighted by molar-refractivity contribution is 5.57. The standard InChI is InChI=1S/C22H18N4/c23-13-17-4-1-6-19(10-17)15-25-21-8-3-9-22(12-21)26-16-20-7-2-5-18(11-20)14-24/h1-12,25-26H,15-16H2. The number of hydrogen-bond acceptors (Lipinski definition) is 4. The molecule has 0 radical (unpaired) electrons. The Morgan fingerprint density at radius 3 is 1.54 bits per heavy atom. The minimum Gasteiger partial charge on any atom is -0.381 e. The Morgan fingerprint density at radius 2 is 1.08 bits per heavy atom. The van der Waals surface area contributed by atoms with Crippen LogP contribution in [0.3, 0.4) is 0 Å². The fraction of sp³-hybridized carbons (Fsp3) is 0.0909. The van der Waals surface area contributed by atoms with Gasteiger partial charge in [0, 0.05) is 24.5 Å². The normalized spacial score (nSPS) is 9.77. The van der Waals surface area contributed by atoms with Crippen molar-refractivity contribution in [2.45, 2.75) is 13.1 Å². The molecule has 0 spiro atoms. The van der Waals surface area contributed by atoms with Gasteiger partial charge < -0.3 is 10.6 Å². The predicted molar refractivity (Wildman–Crippen MR) is 103 cm³/mol. The zero-order valence-electron chi connectivity index (χ0n) is 14.2. The van der Waals surface area contributed by atoms with Gasteiger partial charge in [-0.05, 0) is 53.6 Å². The number of hydrogen-bond donors (Lipinski definition) is 2. The number of nitrogens with zero attached hydrogens (tertiary/aromatic N) is 2. The fourth-order valence-corrected chi connectivity index (χ4v) is 2.65. The van der Waals surface area contributed by atoms with Gasteiger partial charge in [0.15, 0.2) is 0 Å². The van der Waals surface area contributed by atoms with E-state index in [0.717, 1.165) is 22.5 Å². The fourth-order valence-electron chi connectivity index (χ4n) is 2.65. The minimum atomic E-state index is 0.656. The van der Waals surface area contributed by atoms with E-state index in [-0.39, 0.29) is 0 Å². The van der Waals surface area contributed by atoms with E-state index >= 15 is 0 Å². The van der Waals surface area contributed by atoms with Gasteiger partial charge in [-0.1, -0.05) is 30.3 Å². The summed E-state index contributed by atoms with van der Waals surface area (Å²) in [5.41, 5.74) is 5.47. The van der Waals surface area contributed by atoms with Crippen molar-refractivity contribution in [3.05, 3.63) is 95.1 Å². The number of benzene rings is 3. The zero-order valence-corrected chi connectivity index (χ0v) is 14.2. The van der Waals surface area contributed by atoms with Crippen LogP contribution >= 0.6 is 0 Å². The largest absolute Gasteiger partial charge is 0.381 e. The van der Waals surface area contributed by atoms with E-state index in [1.165, 1.54) is 0 Å². The third kappa shape index (κ3) is 4.63.